The van der Waals surface area contributed by atoms with Crippen molar-refractivity contribution >= 4 is 10.9 Å². The third kappa shape index (κ3) is 3.32. The van der Waals surface area contributed by atoms with Gasteiger partial charge in [-0.2, -0.15) is 0 Å². The molecule has 2 aromatic rings. The number of benzene rings is 1. The van der Waals surface area contributed by atoms with Crippen LogP contribution in [0.25, 0.3) is 10.9 Å². The summed E-state index contributed by atoms with van der Waals surface area (Å²) in [4.78, 5) is 20.6. The quantitative estimate of drug-likeness (QED) is 0.881. The van der Waals surface area contributed by atoms with E-state index in [0.29, 0.717) is 12.5 Å². The molecular weight excluding hydrogens is 338 g/mol. The van der Waals surface area contributed by atoms with Gasteiger partial charge < -0.3 is 5.11 Å². The Labute approximate surface area is 160 Å². The highest BCUT2D eigenvalue weighted by Gasteiger charge is 2.39. The minimum absolute atomic E-state index is 0.105. The molecule has 5 heteroatoms. The Morgan fingerprint density at radius 2 is 1.89 bits per heavy atom. The van der Waals surface area contributed by atoms with Gasteiger partial charge in [0.05, 0.1) is 22.5 Å². The summed E-state index contributed by atoms with van der Waals surface area (Å²) in [5.74, 6) is 1.54. The molecule has 0 radical (unpaired) electrons. The van der Waals surface area contributed by atoms with E-state index in [1.807, 2.05) is 28.8 Å². The lowest BCUT2D eigenvalue weighted by atomic mass is 10.0. The zero-order chi connectivity index (χ0) is 18.4. The van der Waals surface area contributed by atoms with Crippen LogP contribution in [0.2, 0.25) is 0 Å². The van der Waals surface area contributed by atoms with Crippen LogP contribution in [-0.2, 0) is 6.54 Å². The summed E-state index contributed by atoms with van der Waals surface area (Å²) in [6.07, 6.45) is 8.59. The van der Waals surface area contributed by atoms with Crippen LogP contribution < -0.4 is 5.56 Å². The molecule has 3 fully saturated rings. The van der Waals surface area contributed by atoms with Gasteiger partial charge in [-0.1, -0.05) is 25.0 Å². The molecule has 1 saturated heterocycles. The Bertz CT molecular complexity index is 896. The number of aliphatic hydroxyl groups is 1. The SMILES string of the molecule is O=c1c2ccccc2nc(C2CCCN2CC2(O)CCCC2)n1CC1CC1. The number of likely N-dealkylation sites (tertiary alicyclic amines) is 1. The minimum atomic E-state index is -0.555. The lowest BCUT2D eigenvalue weighted by Gasteiger charge is -2.33. The Kier molecular flexibility index (Phi) is 4.32. The summed E-state index contributed by atoms with van der Waals surface area (Å²) in [5, 5.41) is 11.7. The van der Waals surface area contributed by atoms with E-state index < -0.39 is 5.60 Å². The van der Waals surface area contributed by atoms with Crippen molar-refractivity contribution in [2.75, 3.05) is 13.1 Å². The molecule has 1 atom stereocenters. The normalized spacial score (nSPS) is 25.4. The fourth-order valence-electron chi connectivity index (χ4n) is 5.05. The number of rotatable bonds is 5. The number of aromatic nitrogens is 2. The third-order valence-corrected chi connectivity index (χ3v) is 6.72. The molecule has 2 aliphatic carbocycles. The average molecular weight is 367 g/mol. The second kappa shape index (κ2) is 6.71. The first kappa shape index (κ1) is 17.4. The number of para-hydroxylation sites is 1. The van der Waals surface area contributed by atoms with Crippen LogP contribution in [0.5, 0.6) is 0 Å². The van der Waals surface area contributed by atoms with Crippen molar-refractivity contribution in [1.82, 2.24) is 14.5 Å². The number of fused-ring (bicyclic) bond motifs is 1. The largest absolute Gasteiger partial charge is 0.389 e. The van der Waals surface area contributed by atoms with Gasteiger partial charge in [0.25, 0.3) is 5.56 Å². The minimum Gasteiger partial charge on any atom is -0.389 e. The highest BCUT2D eigenvalue weighted by atomic mass is 16.3. The van der Waals surface area contributed by atoms with Crippen molar-refractivity contribution in [3.63, 3.8) is 0 Å². The van der Waals surface area contributed by atoms with Gasteiger partial charge in [0.1, 0.15) is 5.82 Å². The first-order chi connectivity index (χ1) is 13.1. The van der Waals surface area contributed by atoms with Crippen molar-refractivity contribution in [3.8, 4) is 0 Å². The molecule has 1 N–H and O–H groups in total. The van der Waals surface area contributed by atoms with Crippen molar-refractivity contribution < 1.29 is 5.11 Å². The molecule has 1 aromatic heterocycles. The topological polar surface area (TPSA) is 58.4 Å². The highest BCUT2D eigenvalue weighted by Crippen LogP contribution is 2.38. The molecule has 1 unspecified atom stereocenters. The zero-order valence-electron chi connectivity index (χ0n) is 15.9. The van der Waals surface area contributed by atoms with E-state index in [0.717, 1.165) is 68.3 Å². The average Bonchev–Trinajstić information content (AvgIpc) is 3.21. The molecule has 3 aliphatic rings. The molecule has 27 heavy (non-hydrogen) atoms. The van der Waals surface area contributed by atoms with Gasteiger partial charge in [0, 0.05) is 13.1 Å². The fraction of sp³-hybridized carbons (Fsp3) is 0.636. The highest BCUT2D eigenvalue weighted by molar-refractivity contribution is 5.77. The van der Waals surface area contributed by atoms with Crippen LogP contribution in [0.1, 0.15) is 63.2 Å². The molecule has 2 saturated carbocycles. The molecule has 5 rings (SSSR count). The van der Waals surface area contributed by atoms with Crippen LogP contribution in [0.15, 0.2) is 29.1 Å². The summed E-state index contributed by atoms with van der Waals surface area (Å²) >= 11 is 0. The van der Waals surface area contributed by atoms with Crippen LogP contribution in [0, 0.1) is 5.92 Å². The number of hydrogen-bond donors (Lipinski definition) is 1. The van der Waals surface area contributed by atoms with Crippen LogP contribution in [0.4, 0.5) is 0 Å². The Hall–Kier alpha value is -1.72. The van der Waals surface area contributed by atoms with E-state index in [9.17, 15) is 9.90 Å². The van der Waals surface area contributed by atoms with E-state index in [4.69, 9.17) is 4.98 Å². The molecular formula is C22H29N3O2. The molecule has 0 amide bonds. The predicted molar refractivity (Wildman–Crippen MR) is 106 cm³/mol. The van der Waals surface area contributed by atoms with E-state index in [-0.39, 0.29) is 11.6 Å². The van der Waals surface area contributed by atoms with Gasteiger partial charge in [0.15, 0.2) is 0 Å². The van der Waals surface area contributed by atoms with Crippen molar-refractivity contribution in [1.29, 1.82) is 0 Å². The second-order valence-electron chi connectivity index (χ2n) is 8.91. The number of nitrogens with zero attached hydrogens (tertiary/aromatic N) is 3. The third-order valence-electron chi connectivity index (χ3n) is 6.72. The molecule has 0 spiro atoms. The van der Waals surface area contributed by atoms with Crippen molar-refractivity contribution in [2.24, 2.45) is 5.92 Å². The summed E-state index contributed by atoms with van der Waals surface area (Å²) < 4.78 is 1.96. The maximum atomic E-state index is 13.2. The lowest BCUT2D eigenvalue weighted by Crippen LogP contribution is -2.42. The maximum absolute atomic E-state index is 13.2. The standard InChI is InChI=1S/C22H29N3O2/c26-21-17-6-1-2-7-18(17)23-20(25(21)14-16-9-10-16)19-8-5-13-24(19)15-22(27)11-3-4-12-22/h1-2,6-7,16,19,27H,3-5,8-15H2. The Morgan fingerprint density at radius 1 is 1.11 bits per heavy atom. The Balaban J connectivity index is 1.54. The first-order valence-electron chi connectivity index (χ1n) is 10.6. The van der Waals surface area contributed by atoms with Gasteiger partial charge in [-0.25, -0.2) is 4.98 Å². The molecule has 144 valence electrons. The first-order valence-corrected chi connectivity index (χ1v) is 10.6. The monoisotopic (exact) mass is 367 g/mol. The second-order valence-corrected chi connectivity index (χ2v) is 8.91. The molecule has 1 aromatic carbocycles. The lowest BCUT2D eigenvalue weighted by molar-refractivity contribution is 0.00418. The van der Waals surface area contributed by atoms with Crippen LogP contribution in [0.3, 0.4) is 0 Å². The number of β-amino-alcohol motifs (C(OH)–C–C–N with tert-alkyl or cyclic N) is 1. The van der Waals surface area contributed by atoms with E-state index >= 15 is 0 Å². The molecule has 0 bridgehead atoms. The van der Waals surface area contributed by atoms with Gasteiger partial charge in [-0.3, -0.25) is 14.3 Å². The predicted octanol–water partition coefficient (Wildman–Crippen LogP) is 3.25. The van der Waals surface area contributed by atoms with Gasteiger partial charge in [-0.15, -0.1) is 0 Å². The molecule has 2 heterocycles. The van der Waals surface area contributed by atoms with Crippen molar-refractivity contribution in [2.45, 2.75) is 69.6 Å². The fourth-order valence-corrected chi connectivity index (χ4v) is 5.05. The van der Waals surface area contributed by atoms with E-state index in [1.54, 1.807) is 0 Å². The van der Waals surface area contributed by atoms with Gasteiger partial charge >= 0.3 is 0 Å². The van der Waals surface area contributed by atoms with Crippen LogP contribution in [-0.4, -0.2) is 38.2 Å². The summed E-state index contributed by atoms with van der Waals surface area (Å²) in [6.45, 7) is 2.49. The van der Waals surface area contributed by atoms with E-state index in [2.05, 4.69) is 4.90 Å². The van der Waals surface area contributed by atoms with Crippen molar-refractivity contribution in [3.05, 3.63) is 40.4 Å². The maximum Gasteiger partial charge on any atom is 0.261 e. The van der Waals surface area contributed by atoms with E-state index in [1.165, 1.54) is 12.8 Å². The van der Waals surface area contributed by atoms with Gasteiger partial charge in [-0.05, 0) is 63.1 Å². The summed E-state index contributed by atoms with van der Waals surface area (Å²) in [7, 11) is 0. The molecule has 1 aliphatic heterocycles. The zero-order valence-corrected chi connectivity index (χ0v) is 15.9. The Morgan fingerprint density at radius 3 is 2.67 bits per heavy atom. The smallest absolute Gasteiger partial charge is 0.261 e. The number of hydrogen-bond acceptors (Lipinski definition) is 4. The molecule has 5 nitrogen and oxygen atoms in total. The van der Waals surface area contributed by atoms with Gasteiger partial charge in [0.2, 0.25) is 0 Å². The van der Waals surface area contributed by atoms with Crippen LogP contribution >= 0.6 is 0 Å². The summed E-state index contributed by atoms with van der Waals surface area (Å²) in [6, 6.07) is 7.86. The summed E-state index contributed by atoms with van der Waals surface area (Å²) in [5.41, 5.74) is 0.353.